The molecule has 0 fully saturated rings. The molecule has 3 rings (SSSR count). The molecular formula is C20H20N4O4. The molecule has 0 aliphatic rings. The largest absolute Gasteiger partial charge is 0.460 e. The summed E-state index contributed by atoms with van der Waals surface area (Å²) in [6.07, 6.45) is 0.298. The highest BCUT2D eigenvalue weighted by Gasteiger charge is 2.15. The van der Waals surface area contributed by atoms with Crippen LogP contribution < -0.4 is 10.6 Å². The average molecular weight is 380 g/mol. The molecule has 0 saturated heterocycles. The van der Waals surface area contributed by atoms with Crippen LogP contribution >= 0.6 is 0 Å². The molecule has 2 aromatic carbocycles. The Balaban J connectivity index is 1.45. The molecule has 28 heavy (non-hydrogen) atoms. The van der Waals surface area contributed by atoms with Gasteiger partial charge in [0.2, 0.25) is 5.89 Å². The van der Waals surface area contributed by atoms with Crippen LogP contribution in [0.2, 0.25) is 0 Å². The lowest BCUT2D eigenvalue weighted by Gasteiger charge is -2.08. The summed E-state index contributed by atoms with van der Waals surface area (Å²) in [5.74, 6) is -0.516. The first-order valence-electron chi connectivity index (χ1n) is 8.85. The third kappa shape index (κ3) is 5.16. The minimum absolute atomic E-state index is 0.125. The molecular weight excluding hydrogens is 360 g/mol. The van der Waals surface area contributed by atoms with Crippen LogP contribution in [0.3, 0.4) is 0 Å². The van der Waals surface area contributed by atoms with Gasteiger partial charge in [0.05, 0.1) is 6.61 Å². The van der Waals surface area contributed by atoms with Crippen LogP contribution in [0.5, 0.6) is 0 Å². The molecule has 8 heteroatoms. The number of ether oxygens (including phenoxy) is 1. The number of carbonyl (C=O) groups excluding carboxylic acids is 2. The number of anilines is 1. The fourth-order valence-corrected chi connectivity index (χ4v) is 2.47. The van der Waals surface area contributed by atoms with Gasteiger partial charge in [0, 0.05) is 18.7 Å². The highest BCUT2D eigenvalue weighted by Crippen LogP contribution is 2.20. The molecule has 0 aliphatic carbocycles. The first-order valence-corrected chi connectivity index (χ1v) is 8.85. The van der Waals surface area contributed by atoms with Gasteiger partial charge in [-0.05, 0) is 35.3 Å². The summed E-state index contributed by atoms with van der Waals surface area (Å²) in [6.45, 7) is 2.20. The third-order valence-corrected chi connectivity index (χ3v) is 3.80. The van der Waals surface area contributed by atoms with Crippen molar-refractivity contribution in [3.8, 4) is 11.1 Å². The van der Waals surface area contributed by atoms with Crippen molar-refractivity contribution in [2.24, 2.45) is 0 Å². The van der Waals surface area contributed by atoms with Gasteiger partial charge in [-0.2, -0.15) is 4.98 Å². The third-order valence-electron chi connectivity index (χ3n) is 3.80. The molecule has 0 spiro atoms. The second-order valence-corrected chi connectivity index (χ2v) is 5.81. The zero-order chi connectivity index (χ0) is 19.8. The molecule has 1 heterocycles. The van der Waals surface area contributed by atoms with Gasteiger partial charge in [-0.1, -0.05) is 42.5 Å². The van der Waals surface area contributed by atoms with Crippen LogP contribution in [0, 0.1) is 0 Å². The zero-order valence-electron chi connectivity index (χ0n) is 15.3. The van der Waals surface area contributed by atoms with E-state index in [9.17, 15) is 9.59 Å². The molecule has 2 amide bonds. The minimum atomic E-state index is -0.637. The molecule has 3 aromatic rings. The summed E-state index contributed by atoms with van der Waals surface area (Å²) in [5, 5.41) is 9.00. The van der Waals surface area contributed by atoms with E-state index in [2.05, 4.69) is 20.8 Å². The highest BCUT2D eigenvalue weighted by atomic mass is 16.5. The normalized spacial score (nSPS) is 10.3. The molecule has 0 unspecified atom stereocenters. The number of esters is 1. The second kappa shape index (κ2) is 9.31. The Morgan fingerprint density at radius 3 is 2.46 bits per heavy atom. The van der Waals surface area contributed by atoms with E-state index in [0.717, 1.165) is 11.1 Å². The Bertz CT molecular complexity index is 923. The molecule has 0 radical (unpaired) electrons. The molecule has 1 aromatic heterocycles. The number of rotatable bonds is 7. The number of nitrogens with zero attached hydrogens (tertiary/aromatic N) is 2. The number of hydrogen-bond donors (Lipinski definition) is 2. The molecule has 0 saturated carbocycles. The summed E-state index contributed by atoms with van der Waals surface area (Å²) in [7, 11) is 0. The topological polar surface area (TPSA) is 106 Å². The van der Waals surface area contributed by atoms with Gasteiger partial charge in [0.15, 0.2) is 0 Å². The van der Waals surface area contributed by atoms with E-state index in [1.807, 2.05) is 54.6 Å². The van der Waals surface area contributed by atoms with Crippen molar-refractivity contribution in [2.75, 3.05) is 18.5 Å². The molecule has 8 nitrogen and oxygen atoms in total. The number of amides is 2. The second-order valence-electron chi connectivity index (χ2n) is 5.81. The number of benzene rings is 2. The number of aromatic nitrogens is 2. The summed E-state index contributed by atoms with van der Waals surface area (Å²) < 4.78 is 9.74. The minimum Gasteiger partial charge on any atom is -0.460 e. The van der Waals surface area contributed by atoms with E-state index >= 15 is 0 Å². The highest BCUT2D eigenvalue weighted by molar-refractivity contribution is 5.89. The Labute approximate surface area is 161 Å². The van der Waals surface area contributed by atoms with Gasteiger partial charge in [-0.15, -0.1) is 0 Å². The molecule has 0 atom stereocenters. The number of hydrogen-bond acceptors (Lipinski definition) is 6. The van der Waals surface area contributed by atoms with Gasteiger partial charge >= 0.3 is 12.0 Å². The van der Waals surface area contributed by atoms with Crippen molar-refractivity contribution in [2.45, 2.75) is 13.3 Å². The van der Waals surface area contributed by atoms with Crippen LogP contribution in [0.15, 0.2) is 59.1 Å². The van der Waals surface area contributed by atoms with Crippen molar-refractivity contribution in [3.63, 3.8) is 0 Å². The van der Waals surface area contributed by atoms with E-state index in [1.165, 1.54) is 0 Å². The van der Waals surface area contributed by atoms with Gasteiger partial charge in [0.25, 0.3) is 5.82 Å². The van der Waals surface area contributed by atoms with Gasteiger partial charge < -0.3 is 19.9 Å². The van der Waals surface area contributed by atoms with Crippen LogP contribution in [0.4, 0.5) is 10.5 Å². The monoisotopic (exact) mass is 380 g/mol. The Kier molecular flexibility index (Phi) is 6.35. The smallest absolute Gasteiger partial charge is 0.379 e. The maximum Gasteiger partial charge on any atom is 0.379 e. The lowest BCUT2D eigenvalue weighted by molar-refractivity contribution is 0.0508. The summed E-state index contributed by atoms with van der Waals surface area (Å²) in [4.78, 5) is 27.4. The van der Waals surface area contributed by atoms with E-state index in [-0.39, 0.29) is 30.9 Å². The molecule has 0 aliphatic heterocycles. The van der Waals surface area contributed by atoms with Crippen LogP contribution in [0.1, 0.15) is 23.4 Å². The Hall–Kier alpha value is -3.68. The van der Waals surface area contributed by atoms with E-state index in [4.69, 9.17) is 9.26 Å². The summed E-state index contributed by atoms with van der Waals surface area (Å²) in [5.41, 5.74) is 2.86. The summed E-state index contributed by atoms with van der Waals surface area (Å²) in [6, 6.07) is 17.2. The number of carbonyl (C=O) groups is 2. The molecule has 0 bridgehead atoms. The van der Waals surface area contributed by atoms with Crippen LogP contribution in [-0.2, 0) is 11.2 Å². The fourth-order valence-electron chi connectivity index (χ4n) is 2.47. The Morgan fingerprint density at radius 1 is 1.04 bits per heavy atom. The quantitative estimate of drug-likeness (QED) is 0.609. The van der Waals surface area contributed by atoms with Gasteiger partial charge in [0.1, 0.15) is 0 Å². The van der Waals surface area contributed by atoms with E-state index in [1.54, 1.807) is 6.92 Å². The predicted molar refractivity (Wildman–Crippen MR) is 103 cm³/mol. The van der Waals surface area contributed by atoms with Gasteiger partial charge in [-0.25, -0.2) is 9.59 Å². The summed E-state index contributed by atoms with van der Waals surface area (Å²) >= 11 is 0. The SMILES string of the molecule is CCOC(=O)c1noc(CCNC(=O)Nc2ccc(-c3ccccc3)cc2)n1. The first-order chi connectivity index (χ1) is 13.7. The average Bonchev–Trinajstić information content (AvgIpc) is 3.18. The van der Waals surface area contributed by atoms with Crippen molar-refractivity contribution >= 4 is 17.7 Å². The van der Waals surface area contributed by atoms with E-state index in [0.29, 0.717) is 12.1 Å². The maximum atomic E-state index is 12.0. The van der Waals surface area contributed by atoms with E-state index < -0.39 is 5.97 Å². The lowest BCUT2D eigenvalue weighted by atomic mass is 10.1. The first kappa shape index (κ1) is 19.1. The van der Waals surface area contributed by atoms with Crippen molar-refractivity contribution < 1.29 is 18.8 Å². The Morgan fingerprint density at radius 2 is 1.75 bits per heavy atom. The molecule has 144 valence electrons. The van der Waals surface area contributed by atoms with Crippen LogP contribution in [0.25, 0.3) is 11.1 Å². The fraction of sp³-hybridized carbons (Fsp3) is 0.200. The predicted octanol–water partition coefficient (Wildman–Crippen LogP) is 3.28. The van der Waals surface area contributed by atoms with Crippen molar-refractivity contribution in [1.82, 2.24) is 15.5 Å². The number of urea groups is 1. The van der Waals surface area contributed by atoms with Gasteiger partial charge in [-0.3, -0.25) is 0 Å². The standard InChI is InChI=1S/C20H20N4O4/c1-2-27-19(25)18-23-17(28-24-18)12-13-21-20(26)22-16-10-8-15(9-11-16)14-6-4-3-5-7-14/h3-11H,2,12-13H2,1H3,(H2,21,22,26). The van der Waals surface area contributed by atoms with Crippen molar-refractivity contribution in [1.29, 1.82) is 0 Å². The van der Waals surface area contributed by atoms with Crippen LogP contribution in [-0.4, -0.2) is 35.3 Å². The molecule has 2 N–H and O–H groups in total. The maximum absolute atomic E-state index is 12.0. The number of nitrogens with one attached hydrogen (secondary N) is 2. The van der Waals surface area contributed by atoms with Crippen molar-refractivity contribution in [3.05, 3.63) is 66.3 Å². The lowest BCUT2D eigenvalue weighted by Crippen LogP contribution is -2.30. The zero-order valence-corrected chi connectivity index (χ0v) is 15.3.